The van der Waals surface area contributed by atoms with Crippen molar-refractivity contribution in [3.8, 4) is 0 Å². The van der Waals surface area contributed by atoms with Crippen molar-refractivity contribution in [2.75, 3.05) is 17.7 Å². The maximum absolute atomic E-state index is 12.8. The van der Waals surface area contributed by atoms with Gasteiger partial charge in [0.2, 0.25) is 5.95 Å². The van der Waals surface area contributed by atoms with Gasteiger partial charge in [-0.25, -0.2) is 14.3 Å². The molecule has 0 aliphatic heterocycles. The number of nitrogens with one attached hydrogen (secondary N) is 2. The summed E-state index contributed by atoms with van der Waals surface area (Å²) in [6.45, 7) is 3.82. The van der Waals surface area contributed by atoms with E-state index >= 15 is 0 Å². The number of carbonyl (C=O) groups excluding carboxylic acids is 1. The van der Waals surface area contributed by atoms with E-state index in [2.05, 4.69) is 25.7 Å². The number of imidazole rings is 1. The van der Waals surface area contributed by atoms with Gasteiger partial charge in [-0.15, -0.1) is 0 Å². The number of phosphoric ester groups is 1. The monoisotopic (exact) mass is 585 g/mol. The van der Waals surface area contributed by atoms with Gasteiger partial charge >= 0.3 is 13.8 Å². The summed E-state index contributed by atoms with van der Waals surface area (Å²) in [5, 5.41) is 3.34. The molecule has 1 saturated carbocycles. The normalized spacial score (nSPS) is 21.4. The number of hydrogen-bond acceptors (Lipinski definition) is 11. The van der Waals surface area contributed by atoms with Crippen molar-refractivity contribution in [3.63, 3.8) is 0 Å². The highest BCUT2D eigenvalue weighted by Gasteiger charge is 2.35. The molecular formula is C27H36N7O6P. The predicted octanol–water partition coefficient (Wildman–Crippen LogP) is 3.90. The zero-order chi connectivity index (χ0) is 29.0. The van der Waals surface area contributed by atoms with Gasteiger partial charge in [0.05, 0.1) is 25.6 Å². The van der Waals surface area contributed by atoms with E-state index in [1.807, 2.05) is 60.9 Å². The number of phosphoric acid groups is 1. The van der Waals surface area contributed by atoms with Gasteiger partial charge in [-0.2, -0.15) is 15.4 Å². The molecule has 0 bridgehead atoms. The summed E-state index contributed by atoms with van der Waals surface area (Å²) in [6.07, 6.45) is 8.90. The van der Waals surface area contributed by atoms with E-state index in [-0.39, 0.29) is 37.0 Å². The highest BCUT2D eigenvalue weighted by Crippen LogP contribution is 2.45. The van der Waals surface area contributed by atoms with Crippen LogP contribution in [0.2, 0.25) is 0 Å². The number of nitrogens with two attached hydrogens (primary N) is 1. The van der Waals surface area contributed by atoms with Crippen LogP contribution in [0.5, 0.6) is 0 Å². The van der Waals surface area contributed by atoms with E-state index in [1.165, 1.54) is 0 Å². The Hall–Kier alpha value is -3.35. The van der Waals surface area contributed by atoms with E-state index in [0.29, 0.717) is 35.9 Å². The van der Waals surface area contributed by atoms with E-state index in [9.17, 15) is 14.3 Å². The summed E-state index contributed by atoms with van der Waals surface area (Å²) in [6, 6.07) is 8.74. The third-order valence-electron chi connectivity index (χ3n) is 7.28. The average Bonchev–Trinajstić information content (AvgIpc) is 3.46. The lowest BCUT2D eigenvalue weighted by Gasteiger charge is -2.23. The third-order valence-corrected chi connectivity index (χ3v) is 8.17. The number of nitrogens with zero attached hydrogens (tertiary/aromatic N) is 4. The molecule has 3 aromatic rings. The van der Waals surface area contributed by atoms with Crippen molar-refractivity contribution in [1.29, 1.82) is 0 Å². The second kappa shape index (κ2) is 12.7. The number of hydroxylamine groups is 1. The van der Waals surface area contributed by atoms with Crippen LogP contribution in [0.15, 0.2) is 48.8 Å². The minimum Gasteiger partial charge on any atom is -0.369 e. The number of aromatic nitrogens is 4. The van der Waals surface area contributed by atoms with Crippen LogP contribution < -0.4 is 16.5 Å². The van der Waals surface area contributed by atoms with Crippen LogP contribution in [0.1, 0.15) is 51.1 Å². The van der Waals surface area contributed by atoms with E-state index in [0.717, 1.165) is 18.4 Å². The first kappa shape index (κ1) is 29.2. The molecule has 13 nitrogen and oxygen atoms in total. The number of benzene rings is 1. The molecule has 41 heavy (non-hydrogen) atoms. The van der Waals surface area contributed by atoms with Crippen LogP contribution in [-0.4, -0.2) is 49.1 Å². The molecule has 5 rings (SSSR count). The predicted molar refractivity (Wildman–Crippen MR) is 152 cm³/mol. The van der Waals surface area contributed by atoms with Gasteiger partial charge in [0, 0.05) is 12.0 Å². The molecule has 1 unspecified atom stereocenters. The Bertz CT molecular complexity index is 1430. The lowest BCUT2D eigenvalue weighted by molar-refractivity contribution is -0.145. The molecule has 0 radical (unpaired) electrons. The Kier molecular flexibility index (Phi) is 9.00. The first-order valence-electron chi connectivity index (χ1n) is 13.8. The largest absolute Gasteiger partial charge is 0.529 e. The molecule has 0 amide bonds. The van der Waals surface area contributed by atoms with Crippen LogP contribution in [0.4, 0.5) is 11.8 Å². The van der Waals surface area contributed by atoms with Crippen LogP contribution >= 0.6 is 7.82 Å². The van der Waals surface area contributed by atoms with E-state index in [1.54, 1.807) is 6.33 Å². The maximum Gasteiger partial charge on any atom is 0.529 e. The summed E-state index contributed by atoms with van der Waals surface area (Å²) in [5.41, 5.74) is 10.8. The Balaban J connectivity index is 1.14. The van der Waals surface area contributed by atoms with Crippen LogP contribution in [0.3, 0.4) is 0 Å². The summed E-state index contributed by atoms with van der Waals surface area (Å²) in [5.74, 6) is -0.565. The molecule has 14 heteroatoms. The second-order valence-electron chi connectivity index (χ2n) is 10.6. The van der Waals surface area contributed by atoms with Crippen molar-refractivity contribution in [3.05, 3.63) is 54.4 Å². The van der Waals surface area contributed by atoms with Gasteiger partial charge in [-0.1, -0.05) is 62.8 Å². The van der Waals surface area contributed by atoms with Crippen LogP contribution in [-0.2, 0) is 29.9 Å². The minimum atomic E-state index is -4.68. The van der Waals surface area contributed by atoms with Crippen molar-refractivity contribution in [1.82, 2.24) is 25.0 Å². The van der Waals surface area contributed by atoms with Gasteiger partial charge in [0.1, 0.15) is 6.04 Å². The summed E-state index contributed by atoms with van der Waals surface area (Å²) in [4.78, 5) is 41.8. The van der Waals surface area contributed by atoms with Crippen molar-refractivity contribution in [2.24, 2.45) is 11.8 Å². The van der Waals surface area contributed by atoms with Crippen LogP contribution in [0, 0.1) is 11.8 Å². The lowest BCUT2D eigenvalue weighted by Crippen LogP contribution is -2.42. The standard InChI is InChI=1S/C27H36N7O6P/c1-3-17(2)22(33-38-14-18-7-5-4-6-8-18)26(35)40-41(36,37)39-15-19-9-12-21(13-19)34-16-29-23-24(30-20-10-11-20)31-27(28)32-25(23)34/h4-9,12,16-17,19-22,33H,3,10-11,13-15H2,1-2H3,(H,36,37)(H3,28,30,31,32)/t17-,19+,21-,22-/m0/s1. The first-order chi connectivity index (χ1) is 19.7. The number of carbonyl (C=O) groups is 1. The van der Waals surface area contributed by atoms with Crippen LogP contribution in [0.25, 0.3) is 11.2 Å². The molecule has 1 aromatic carbocycles. The zero-order valence-corrected chi connectivity index (χ0v) is 23.9. The van der Waals surface area contributed by atoms with Gasteiger partial charge in [-0.3, -0.25) is 14.3 Å². The van der Waals surface area contributed by atoms with E-state index in [4.69, 9.17) is 19.6 Å². The quantitative estimate of drug-likeness (QED) is 0.122. The SMILES string of the molecule is CC[C@H](C)[C@H](NOCc1ccccc1)C(=O)OP(=O)(O)OC[C@@H]1C=C[C@H](n2cnc3c(NC4CC4)nc(N)nc32)C1. The Morgan fingerprint density at radius 1 is 1.24 bits per heavy atom. The highest BCUT2D eigenvalue weighted by atomic mass is 31.2. The first-order valence-corrected chi connectivity index (χ1v) is 15.3. The van der Waals surface area contributed by atoms with Crippen molar-refractivity contribution in [2.45, 2.75) is 64.3 Å². The topological polar surface area (TPSA) is 176 Å². The highest BCUT2D eigenvalue weighted by molar-refractivity contribution is 7.48. The molecule has 220 valence electrons. The van der Waals surface area contributed by atoms with Crippen molar-refractivity contribution >= 4 is 36.7 Å². The van der Waals surface area contributed by atoms with Gasteiger partial charge < -0.3 is 20.1 Å². The smallest absolute Gasteiger partial charge is 0.369 e. The zero-order valence-electron chi connectivity index (χ0n) is 23.1. The Morgan fingerprint density at radius 2 is 2.02 bits per heavy atom. The van der Waals surface area contributed by atoms with Gasteiger partial charge in [0.25, 0.3) is 0 Å². The fourth-order valence-electron chi connectivity index (χ4n) is 4.59. The Labute approximate surface area is 238 Å². The third kappa shape index (κ3) is 7.49. The molecule has 5 atom stereocenters. The van der Waals surface area contributed by atoms with E-state index < -0.39 is 19.8 Å². The molecule has 0 saturated heterocycles. The molecule has 0 spiro atoms. The molecule has 2 aromatic heterocycles. The van der Waals surface area contributed by atoms with Gasteiger partial charge in [0.15, 0.2) is 17.0 Å². The number of nitrogen functional groups attached to an aromatic ring is 1. The minimum absolute atomic E-state index is 0.113. The number of allylic oxidation sites excluding steroid dienone is 1. The maximum atomic E-state index is 12.8. The fourth-order valence-corrected chi connectivity index (χ4v) is 5.36. The molecular weight excluding hydrogens is 549 g/mol. The summed E-state index contributed by atoms with van der Waals surface area (Å²) >= 11 is 0. The average molecular weight is 586 g/mol. The molecule has 2 heterocycles. The molecule has 2 aliphatic rings. The number of anilines is 2. The van der Waals surface area contributed by atoms with Gasteiger partial charge in [-0.05, 0) is 30.7 Å². The van der Waals surface area contributed by atoms with Crippen molar-refractivity contribution < 1.29 is 28.1 Å². The summed E-state index contributed by atoms with van der Waals surface area (Å²) < 4.78 is 24.8. The second-order valence-corrected chi connectivity index (χ2v) is 11.9. The Morgan fingerprint density at radius 3 is 2.76 bits per heavy atom. The molecule has 1 fully saturated rings. The molecule has 2 aliphatic carbocycles. The lowest BCUT2D eigenvalue weighted by atomic mass is 10.0. The number of hydrogen-bond donors (Lipinski definition) is 4. The number of fused-ring (bicyclic) bond motifs is 1. The number of rotatable bonds is 14. The molecule has 5 N–H and O–H groups in total. The fraction of sp³-hybridized carbons (Fsp3) is 0.481. The summed E-state index contributed by atoms with van der Waals surface area (Å²) in [7, 11) is -4.68.